The van der Waals surface area contributed by atoms with Crippen molar-refractivity contribution in [1.82, 2.24) is 19.6 Å². The Kier molecular flexibility index (Phi) is 6.26. The Labute approximate surface area is 160 Å². The summed E-state index contributed by atoms with van der Waals surface area (Å²) in [7, 11) is 3.72. The maximum atomic E-state index is 13.3. The number of piperidine rings is 1. The van der Waals surface area contributed by atoms with Gasteiger partial charge in [0.2, 0.25) is 0 Å². The van der Waals surface area contributed by atoms with Gasteiger partial charge in [0.1, 0.15) is 5.82 Å². The third kappa shape index (κ3) is 5.16. The van der Waals surface area contributed by atoms with Crippen LogP contribution in [-0.4, -0.2) is 58.7 Å². The molecule has 1 aromatic carbocycles. The largest absolute Gasteiger partial charge is 0.340 e. The number of carbonyl (C=O) groups is 1. The molecule has 5 nitrogen and oxygen atoms in total. The van der Waals surface area contributed by atoms with Gasteiger partial charge in [0.05, 0.1) is 0 Å². The van der Waals surface area contributed by atoms with Crippen LogP contribution in [0, 0.1) is 18.7 Å². The zero-order valence-electron chi connectivity index (χ0n) is 16.5. The summed E-state index contributed by atoms with van der Waals surface area (Å²) >= 11 is 0. The van der Waals surface area contributed by atoms with Crippen molar-refractivity contribution in [2.24, 2.45) is 13.0 Å². The van der Waals surface area contributed by atoms with Gasteiger partial charge in [0, 0.05) is 32.9 Å². The molecule has 1 aliphatic rings. The van der Waals surface area contributed by atoms with Gasteiger partial charge in [-0.15, -0.1) is 0 Å². The summed E-state index contributed by atoms with van der Waals surface area (Å²) in [5, 5.41) is 4.29. The van der Waals surface area contributed by atoms with Gasteiger partial charge in [0.15, 0.2) is 5.69 Å². The molecule has 0 aliphatic carbocycles. The fraction of sp³-hybridized carbons (Fsp3) is 0.524. The van der Waals surface area contributed by atoms with Crippen molar-refractivity contribution in [1.29, 1.82) is 0 Å². The van der Waals surface area contributed by atoms with Crippen LogP contribution in [0.15, 0.2) is 30.3 Å². The Morgan fingerprint density at radius 1 is 1.30 bits per heavy atom. The molecule has 1 fully saturated rings. The highest BCUT2D eigenvalue weighted by Gasteiger charge is 2.23. The second-order valence-electron chi connectivity index (χ2n) is 7.65. The number of amides is 1. The molecule has 2 aromatic rings. The van der Waals surface area contributed by atoms with Crippen molar-refractivity contribution in [3.63, 3.8) is 0 Å². The van der Waals surface area contributed by atoms with Gasteiger partial charge in [-0.3, -0.25) is 9.48 Å². The lowest BCUT2D eigenvalue weighted by molar-refractivity contribution is 0.0734. The summed E-state index contributed by atoms with van der Waals surface area (Å²) in [6, 6.07) is 8.70. The topological polar surface area (TPSA) is 41.4 Å². The Hall–Kier alpha value is -2.21. The van der Waals surface area contributed by atoms with E-state index < -0.39 is 0 Å². The fourth-order valence-corrected chi connectivity index (χ4v) is 3.70. The number of rotatable bonds is 6. The summed E-state index contributed by atoms with van der Waals surface area (Å²) in [5.41, 5.74) is 2.55. The lowest BCUT2D eigenvalue weighted by Crippen LogP contribution is -2.40. The molecular formula is C21H29FN4O. The molecule has 0 spiro atoms. The number of hydrogen-bond acceptors (Lipinski definition) is 3. The van der Waals surface area contributed by atoms with E-state index in [0.29, 0.717) is 11.6 Å². The van der Waals surface area contributed by atoms with Crippen LogP contribution in [0.5, 0.6) is 0 Å². The number of benzene rings is 1. The minimum atomic E-state index is -0.165. The molecule has 0 radical (unpaired) electrons. The average molecular weight is 372 g/mol. The van der Waals surface area contributed by atoms with E-state index in [1.54, 1.807) is 21.7 Å². The van der Waals surface area contributed by atoms with Gasteiger partial charge >= 0.3 is 0 Å². The maximum absolute atomic E-state index is 13.3. The highest BCUT2D eigenvalue weighted by atomic mass is 19.1. The first-order chi connectivity index (χ1) is 12.9. The molecule has 1 amide bonds. The SMILES string of the molecule is Cc1cc(C(=O)N(C)CC2CCN(CCc3cccc(F)c3)CC2)nn1C. The minimum Gasteiger partial charge on any atom is -0.340 e. The highest BCUT2D eigenvalue weighted by Crippen LogP contribution is 2.19. The molecule has 0 atom stereocenters. The Bertz CT molecular complexity index is 761. The van der Waals surface area contributed by atoms with E-state index in [1.807, 2.05) is 33.2 Å². The molecule has 2 heterocycles. The zero-order chi connectivity index (χ0) is 19.4. The van der Waals surface area contributed by atoms with Gasteiger partial charge < -0.3 is 9.80 Å². The summed E-state index contributed by atoms with van der Waals surface area (Å²) < 4.78 is 15.0. The van der Waals surface area contributed by atoms with Crippen LogP contribution in [0.25, 0.3) is 0 Å². The maximum Gasteiger partial charge on any atom is 0.274 e. The van der Waals surface area contributed by atoms with Gasteiger partial charge in [-0.25, -0.2) is 4.39 Å². The molecule has 0 N–H and O–H groups in total. The van der Waals surface area contributed by atoms with E-state index in [2.05, 4.69) is 10.00 Å². The first-order valence-electron chi connectivity index (χ1n) is 9.65. The van der Waals surface area contributed by atoms with Crippen LogP contribution in [0.3, 0.4) is 0 Å². The number of hydrogen-bond donors (Lipinski definition) is 0. The number of carbonyl (C=O) groups excluding carboxylic acids is 1. The molecule has 0 unspecified atom stereocenters. The summed E-state index contributed by atoms with van der Waals surface area (Å²) in [4.78, 5) is 16.8. The van der Waals surface area contributed by atoms with Crippen molar-refractivity contribution < 1.29 is 9.18 Å². The number of aromatic nitrogens is 2. The van der Waals surface area contributed by atoms with Crippen LogP contribution in [-0.2, 0) is 13.5 Å². The van der Waals surface area contributed by atoms with Crippen molar-refractivity contribution in [2.75, 3.05) is 33.2 Å². The third-order valence-corrected chi connectivity index (χ3v) is 5.52. The smallest absolute Gasteiger partial charge is 0.274 e. The van der Waals surface area contributed by atoms with Crippen LogP contribution in [0.4, 0.5) is 4.39 Å². The molecule has 1 aliphatic heterocycles. The summed E-state index contributed by atoms with van der Waals surface area (Å²) in [5.74, 6) is 0.350. The number of likely N-dealkylation sites (tertiary alicyclic amines) is 1. The average Bonchev–Trinajstić information content (AvgIpc) is 2.99. The molecule has 3 rings (SSSR count). The quantitative estimate of drug-likeness (QED) is 0.783. The van der Waals surface area contributed by atoms with E-state index in [0.717, 1.165) is 56.7 Å². The van der Waals surface area contributed by atoms with E-state index in [1.165, 1.54) is 6.07 Å². The molecule has 146 valence electrons. The van der Waals surface area contributed by atoms with E-state index in [4.69, 9.17) is 0 Å². The predicted molar refractivity (Wildman–Crippen MR) is 104 cm³/mol. The van der Waals surface area contributed by atoms with Crippen LogP contribution < -0.4 is 0 Å². The summed E-state index contributed by atoms with van der Waals surface area (Å²) in [6.45, 7) is 5.74. The molecule has 6 heteroatoms. The Balaban J connectivity index is 1.43. The number of halogens is 1. The number of nitrogens with zero attached hydrogens (tertiary/aromatic N) is 4. The Morgan fingerprint density at radius 3 is 2.67 bits per heavy atom. The minimum absolute atomic E-state index is 0.00719. The zero-order valence-corrected chi connectivity index (χ0v) is 16.5. The van der Waals surface area contributed by atoms with Crippen LogP contribution in [0.1, 0.15) is 34.6 Å². The van der Waals surface area contributed by atoms with Gasteiger partial charge in [-0.05, 0) is 69.0 Å². The third-order valence-electron chi connectivity index (χ3n) is 5.52. The lowest BCUT2D eigenvalue weighted by atomic mass is 9.96. The van der Waals surface area contributed by atoms with Crippen molar-refractivity contribution >= 4 is 5.91 Å². The first kappa shape index (κ1) is 19.5. The standard InChI is InChI=1S/C21H29FN4O/c1-16-13-20(23-25(16)3)21(27)24(2)15-18-8-11-26(12-9-18)10-7-17-5-4-6-19(22)14-17/h4-6,13-14,18H,7-12,15H2,1-3H3. The highest BCUT2D eigenvalue weighted by molar-refractivity contribution is 5.92. The van der Waals surface area contributed by atoms with Gasteiger partial charge in [-0.2, -0.15) is 5.10 Å². The van der Waals surface area contributed by atoms with E-state index in [9.17, 15) is 9.18 Å². The van der Waals surface area contributed by atoms with E-state index >= 15 is 0 Å². The fourth-order valence-electron chi connectivity index (χ4n) is 3.70. The molecule has 1 saturated heterocycles. The normalized spacial score (nSPS) is 15.9. The van der Waals surface area contributed by atoms with Gasteiger partial charge in [-0.1, -0.05) is 12.1 Å². The van der Waals surface area contributed by atoms with Crippen molar-refractivity contribution in [2.45, 2.75) is 26.2 Å². The van der Waals surface area contributed by atoms with Gasteiger partial charge in [0.25, 0.3) is 5.91 Å². The molecule has 0 saturated carbocycles. The Morgan fingerprint density at radius 2 is 2.04 bits per heavy atom. The first-order valence-corrected chi connectivity index (χ1v) is 9.65. The lowest BCUT2D eigenvalue weighted by Gasteiger charge is -2.33. The molecule has 0 bridgehead atoms. The van der Waals surface area contributed by atoms with Crippen molar-refractivity contribution in [3.8, 4) is 0 Å². The molecular weight excluding hydrogens is 343 g/mol. The molecule has 1 aromatic heterocycles. The monoisotopic (exact) mass is 372 g/mol. The van der Waals surface area contributed by atoms with Crippen LogP contribution >= 0.6 is 0 Å². The van der Waals surface area contributed by atoms with Crippen LogP contribution in [0.2, 0.25) is 0 Å². The summed E-state index contributed by atoms with van der Waals surface area (Å²) in [6.07, 6.45) is 3.05. The van der Waals surface area contributed by atoms with E-state index in [-0.39, 0.29) is 11.7 Å². The second-order valence-corrected chi connectivity index (χ2v) is 7.65. The van der Waals surface area contributed by atoms with Crippen molar-refractivity contribution in [3.05, 3.63) is 53.1 Å². The predicted octanol–water partition coefficient (Wildman–Crippen LogP) is 2.89. The molecule has 27 heavy (non-hydrogen) atoms. The second kappa shape index (κ2) is 8.65. The number of aryl methyl sites for hydroxylation is 2.